The zero-order valence-corrected chi connectivity index (χ0v) is 15.6. The van der Waals surface area contributed by atoms with Crippen LogP contribution in [-0.2, 0) is 4.79 Å². The SMILES string of the molecule is C/C(N)=C(/SN)C(=O)Nc1ccc(-c2cc3c(cc2Br)OCO3)cn1. The van der Waals surface area contributed by atoms with E-state index in [1.54, 1.807) is 19.2 Å². The van der Waals surface area contributed by atoms with Gasteiger partial charge >= 0.3 is 0 Å². The van der Waals surface area contributed by atoms with Gasteiger partial charge in [0.25, 0.3) is 5.91 Å². The van der Waals surface area contributed by atoms with E-state index in [0.717, 1.165) is 27.5 Å². The first-order chi connectivity index (χ1) is 12.0. The second kappa shape index (κ2) is 7.34. The topological polar surface area (TPSA) is 112 Å². The number of hydrogen-bond donors (Lipinski definition) is 3. The van der Waals surface area contributed by atoms with Gasteiger partial charge in [0, 0.05) is 27.5 Å². The fourth-order valence-electron chi connectivity index (χ4n) is 2.26. The number of aromatic nitrogens is 1. The summed E-state index contributed by atoms with van der Waals surface area (Å²) in [4.78, 5) is 16.6. The Labute approximate surface area is 157 Å². The zero-order chi connectivity index (χ0) is 18.0. The minimum absolute atomic E-state index is 0.212. The van der Waals surface area contributed by atoms with Crippen LogP contribution in [0.3, 0.4) is 0 Å². The third-order valence-corrected chi connectivity index (χ3v) is 4.86. The van der Waals surface area contributed by atoms with E-state index in [9.17, 15) is 4.79 Å². The quantitative estimate of drug-likeness (QED) is 0.512. The summed E-state index contributed by atoms with van der Waals surface area (Å²) in [6.45, 7) is 1.83. The molecule has 0 aliphatic carbocycles. The van der Waals surface area contributed by atoms with E-state index >= 15 is 0 Å². The van der Waals surface area contributed by atoms with E-state index in [-0.39, 0.29) is 11.7 Å². The molecule has 0 unspecified atom stereocenters. The van der Waals surface area contributed by atoms with Crippen LogP contribution in [0.4, 0.5) is 5.82 Å². The number of carbonyl (C=O) groups is 1. The summed E-state index contributed by atoms with van der Waals surface area (Å²) in [5.41, 5.74) is 7.76. The van der Waals surface area contributed by atoms with Gasteiger partial charge in [-0.25, -0.2) is 4.98 Å². The van der Waals surface area contributed by atoms with Gasteiger partial charge in [-0.05, 0) is 43.1 Å². The molecule has 0 spiro atoms. The highest BCUT2D eigenvalue weighted by Gasteiger charge is 2.17. The lowest BCUT2D eigenvalue weighted by Crippen LogP contribution is -2.17. The highest BCUT2D eigenvalue weighted by atomic mass is 79.9. The number of nitrogens with one attached hydrogen (secondary N) is 1. The number of pyridine rings is 1. The van der Waals surface area contributed by atoms with Crippen molar-refractivity contribution in [2.75, 3.05) is 12.1 Å². The van der Waals surface area contributed by atoms with E-state index in [1.807, 2.05) is 18.2 Å². The maximum absolute atomic E-state index is 12.1. The third kappa shape index (κ3) is 3.73. The number of fused-ring (bicyclic) bond motifs is 1. The standard InChI is InChI=1S/C16H15BrN4O3S/c1-8(18)15(25-19)16(22)21-14-3-2-9(6-20-14)10-4-12-13(5-11(10)17)24-7-23-12/h2-6H,7,18-19H2,1H3,(H,20,21,22)/b15-8-. The monoisotopic (exact) mass is 422 g/mol. The first kappa shape index (κ1) is 17.6. The van der Waals surface area contributed by atoms with E-state index in [2.05, 4.69) is 26.2 Å². The van der Waals surface area contributed by atoms with Gasteiger partial charge in [0.1, 0.15) is 10.7 Å². The molecule has 130 valence electrons. The molecular formula is C16H15BrN4O3S. The average molecular weight is 423 g/mol. The molecule has 2 aromatic rings. The number of halogens is 1. The van der Waals surface area contributed by atoms with Crippen LogP contribution in [-0.4, -0.2) is 17.7 Å². The van der Waals surface area contributed by atoms with E-state index in [1.165, 1.54) is 0 Å². The highest BCUT2D eigenvalue weighted by Crippen LogP contribution is 2.40. The number of ether oxygens (including phenoxy) is 2. The largest absolute Gasteiger partial charge is 0.454 e. The number of nitrogens with zero attached hydrogens (tertiary/aromatic N) is 1. The lowest BCUT2D eigenvalue weighted by Gasteiger charge is -2.09. The number of carbonyl (C=O) groups excluding carboxylic acids is 1. The fraction of sp³-hybridized carbons (Fsp3) is 0.125. The van der Waals surface area contributed by atoms with Gasteiger partial charge in [-0.15, -0.1) is 0 Å². The lowest BCUT2D eigenvalue weighted by atomic mass is 10.1. The van der Waals surface area contributed by atoms with Crippen LogP contribution in [0, 0.1) is 0 Å². The number of amides is 1. The number of hydrogen-bond acceptors (Lipinski definition) is 7. The van der Waals surface area contributed by atoms with Crippen LogP contribution >= 0.6 is 27.9 Å². The average Bonchev–Trinajstić information content (AvgIpc) is 3.02. The molecule has 1 aromatic carbocycles. The molecule has 9 heteroatoms. The molecule has 25 heavy (non-hydrogen) atoms. The summed E-state index contributed by atoms with van der Waals surface area (Å²) in [6.07, 6.45) is 1.66. The molecule has 0 saturated heterocycles. The number of rotatable bonds is 4. The Balaban J connectivity index is 1.82. The van der Waals surface area contributed by atoms with Crippen molar-refractivity contribution < 1.29 is 14.3 Å². The zero-order valence-electron chi connectivity index (χ0n) is 13.2. The van der Waals surface area contributed by atoms with Crippen LogP contribution < -0.4 is 25.7 Å². The Morgan fingerprint density at radius 3 is 2.64 bits per heavy atom. The summed E-state index contributed by atoms with van der Waals surface area (Å²) in [7, 11) is 0. The summed E-state index contributed by atoms with van der Waals surface area (Å²) in [5.74, 6) is 1.39. The predicted octanol–water partition coefficient (Wildman–Crippen LogP) is 2.98. The Morgan fingerprint density at radius 2 is 2.04 bits per heavy atom. The van der Waals surface area contributed by atoms with Crippen LogP contribution in [0.1, 0.15) is 6.92 Å². The molecule has 1 aliphatic rings. The van der Waals surface area contributed by atoms with Crippen molar-refractivity contribution in [1.82, 2.24) is 4.98 Å². The van der Waals surface area contributed by atoms with Crippen LogP contribution in [0.2, 0.25) is 0 Å². The van der Waals surface area contributed by atoms with Gasteiger partial charge in [0.2, 0.25) is 6.79 Å². The highest BCUT2D eigenvalue weighted by molar-refractivity contribution is 9.10. The molecule has 0 saturated carbocycles. The number of allylic oxidation sites excluding steroid dienone is 1. The molecule has 1 aliphatic heterocycles. The second-order valence-electron chi connectivity index (χ2n) is 5.20. The molecule has 1 amide bonds. The molecule has 0 radical (unpaired) electrons. The van der Waals surface area contributed by atoms with Crippen molar-refractivity contribution in [1.29, 1.82) is 0 Å². The van der Waals surface area contributed by atoms with Gasteiger partial charge in [0.15, 0.2) is 11.5 Å². The van der Waals surface area contributed by atoms with Crippen LogP contribution in [0.25, 0.3) is 11.1 Å². The van der Waals surface area contributed by atoms with Crippen LogP contribution in [0.5, 0.6) is 11.5 Å². The fourth-order valence-corrected chi connectivity index (χ4v) is 3.16. The van der Waals surface area contributed by atoms with Gasteiger partial charge in [-0.3, -0.25) is 9.93 Å². The Bertz CT molecular complexity index is 851. The normalized spacial score (nSPS) is 13.4. The first-order valence-corrected chi connectivity index (χ1v) is 8.87. The first-order valence-electron chi connectivity index (χ1n) is 7.19. The molecule has 5 N–H and O–H groups in total. The lowest BCUT2D eigenvalue weighted by molar-refractivity contribution is -0.112. The smallest absolute Gasteiger partial charge is 0.266 e. The molecule has 0 atom stereocenters. The summed E-state index contributed by atoms with van der Waals surface area (Å²) in [5, 5.41) is 8.12. The molecular weight excluding hydrogens is 408 g/mol. The van der Waals surface area contributed by atoms with Crippen molar-refractivity contribution in [2.24, 2.45) is 10.9 Å². The molecule has 3 rings (SSSR count). The molecule has 7 nitrogen and oxygen atoms in total. The summed E-state index contributed by atoms with van der Waals surface area (Å²) in [6, 6.07) is 7.28. The predicted molar refractivity (Wildman–Crippen MR) is 101 cm³/mol. The van der Waals surface area contributed by atoms with E-state index < -0.39 is 5.91 Å². The molecule has 1 aromatic heterocycles. The van der Waals surface area contributed by atoms with Gasteiger partial charge in [-0.1, -0.05) is 15.9 Å². The summed E-state index contributed by atoms with van der Waals surface area (Å²) >= 11 is 4.32. The van der Waals surface area contributed by atoms with Gasteiger partial charge < -0.3 is 20.5 Å². The maximum atomic E-state index is 12.1. The minimum atomic E-state index is -0.392. The third-order valence-electron chi connectivity index (χ3n) is 3.46. The minimum Gasteiger partial charge on any atom is -0.454 e. The van der Waals surface area contributed by atoms with Crippen molar-refractivity contribution in [3.8, 4) is 22.6 Å². The van der Waals surface area contributed by atoms with Crippen molar-refractivity contribution in [2.45, 2.75) is 6.92 Å². The van der Waals surface area contributed by atoms with E-state index in [4.69, 9.17) is 20.3 Å². The Kier molecular flexibility index (Phi) is 5.16. The van der Waals surface area contributed by atoms with Gasteiger partial charge in [0.05, 0.1) is 0 Å². The van der Waals surface area contributed by atoms with E-state index in [0.29, 0.717) is 23.0 Å². The van der Waals surface area contributed by atoms with Crippen LogP contribution in [0.15, 0.2) is 45.5 Å². The number of anilines is 1. The van der Waals surface area contributed by atoms with Gasteiger partial charge in [-0.2, -0.15) is 0 Å². The molecule has 0 fully saturated rings. The Morgan fingerprint density at radius 1 is 1.32 bits per heavy atom. The Hall–Kier alpha value is -2.23. The molecule has 0 bridgehead atoms. The number of nitrogens with two attached hydrogens (primary N) is 2. The van der Waals surface area contributed by atoms with Crippen molar-refractivity contribution in [3.05, 3.63) is 45.5 Å². The van der Waals surface area contributed by atoms with Crippen molar-refractivity contribution in [3.63, 3.8) is 0 Å². The second-order valence-corrected chi connectivity index (χ2v) is 6.70. The summed E-state index contributed by atoms with van der Waals surface area (Å²) < 4.78 is 11.6. The van der Waals surface area contributed by atoms with Crippen molar-refractivity contribution >= 4 is 39.6 Å². The maximum Gasteiger partial charge on any atom is 0.266 e. The number of benzene rings is 1. The molecule has 2 heterocycles.